The predicted octanol–water partition coefficient (Wildman–Crippen LogP) is 3.44. The number of hydrogen-bond donors (Lipinski definition) is 2. The SMILES string of the molecule is CCN(CC)C(CNC(=O)c1n[nH]c2ccccc12)c1ccsc1. The minimum atomic E-state index is -0.139. The van der Waals surface area contributed by atoms with E-state index in [0.717, 1.165) is 24.0 Å². The second kappa shape index (κ2) is 7.59. The van der Waals surface area contributed by atoms with Crippen LogP contribution in [-0.2, 0) is 0 Å². The average molecular weight is 342 g/mol. The summed E-state index contributed by atoms with van der Waals surface area (Å²) in [5.74, 6) is -0.139. The van der Waals surface area contributed by atoms with Gasteiger partial charge >= 0.3 is 0 Å². The molecular formula is C18H22N4OS. The fourth-order valence-electron chi connectivity index (χ4n) is 3.00. The number of H-pyrrole nitrogens is 1. The lowest BCUT2D eigenvalue weighted by atomic mass is 10.1. The number of para-hydroxylation sites is 1. The van der Waals surface area contributed by atoms with Crippen LogP contribution in [0.25, 0.3) is 10.9 Å². The fourth-order valence-corrected chi connectivity index (χ4v) is 3.70. The molecule has 0 radical (unpaired) electrons. The molecule has 1 amide bonds. The van der Waals surface area contributed by atoms with E-state index in [-0.39, 0.29) is 11.9 Å². The van der Waals surface area contributed by atoms with Gasteiger partial charge in [0.25, 0.3) is 5.91 Å². The number of thiophene rings is 1. The molecule has 0 spiro atoms. The van der Waals surface area contributed by atoms with Gasteiger partial charge in [-0.05, 0) is 41.5 Å². The van der Waals surface area contributed by atoms with Crippen molar-refractivity contribution < 1.29 is 4.79 Å². The van der Waals surface area contributed by atoms with Gasteiger partial charge in [0, 0.05) is 11.9 Å². The third kappa shape index (κ3) is 3.34. The minimum absolute atomic E-state index is 0.139. The summed E-state index contributed by atoms with van der Waals surface area (Å²) in [6.07, 6.45) is 0. The number of likely N-dealkylation sites (N-methyl/N-ethyl adjacent to an activating group) is 1. The lowest BCUT2D eigenvalue weighted by molar-refractivity contribution is 0.0931. The Labute approximate surface area is 145 Å². The molecule has 0 bridgehead atoms. The quantitative estimate of drug-likeness (QED) is 0.691. The van der Waals surface area contributed by atoms with Crippen LogP contribution < -0.4 is 5.32 Å². The Kier molecular flexibility index (Phi) is 5.27. The Morgan fingerprint density at radius 2 is 2.08 bits per heavy atom. The Hall–Kier alpha value is -2.18. The summed E-state index contributed by atoms with van der Waals surface area (Å²) >= 11 is 1.68. The van der Waals surface area contributed by atoms with E-state index >= 15 is 0 Å². The summed E-state index contributed by atoms with van der Waals surface area (Å²) in [5, 5.41) is 15.2. The minimum Gasteiger partial charge on any atom is -0.349 e. The number of aromatic amines is 1. The van der Waals surface area contributed by atoms with Crippen molar-refractivity contribution in [1.82, 2.24) is 20.4 Å². The van der Waals surface area contributed by atoms with E-state index in [1.807, 2.05) is 24.3 Å². The van der Waals surface area contributed by atoms with Gasteiger partial charge in [-0.15, -0.1) is 0 Å². The number of aromatic nitrogens is 2. The van der Waals surface area contributed by atoms with Crippen molar-refractivity contribution in [3.05, 3.63) is 52.3 Å². The zero-order valence-electron chi connectivity index (χ0n) is 14.0. The molecule has 126 valence electrons. The highest BCUT2D eigenvalue weighted by atomic mass is 32.1. The molecule has 2 aromatic heterocycles. The summed E-state index contributed by atoms with van der Waals surface area (Å²) in [6.45, 7) is 6.74. The summed E-state index contributed by atoms with van der Waals surface area (Å²) in [6, 6.07) is 9.98. The smallest absolute Gasteiger partial charge is 0.272 e. The van der Waals surface area contributed by atoms with E-state index < -0.39 is 0 Å². The van der Waals surface area contributed by atoms with Gasteiger partial charge in [0.05, 0.1) is 11.6 Å². The molecule has 2 heterocycles. The summed E-state index contributed by atoms with van der Waals surface area (Å²) in [5.41, 5.74) is 2.57. The van der Waals surface area contributed by atoms with Crippen LogP contribution in [-0.4, -0.2) is 40.6 Å². The highest BCUT2D eigenvalue weighted by molar-refractivity contribution is 7.07. The Balaban J connectivity index is 1.75. The van der Waals surface area contributed by atoms with Gasteiger partial charge in [0.1, 0.15) is 0 Å². The number of nitrogens with one attached hydrogen (secondary N) is 2. The van der Waals surface area contributed by atoms with Gasteiger partial charge < -0.3 is 5.32 Å². The van der Waals surface area contributed by atoms with Crippen LogP contribution in [0.3, 0.4) is 0 Å². The van der Waals surface area contributed by atoms with Crippen molar-refractivity contribution >= 4 is 28.1 Å². The molecule has 0 fully saturated rings. The number of benzene rings is 1. The Morgan fingerprint density at radius 1 is 1.29 bits per heavy atom. The molecule has 0 saturated carbocycles. The Morgan fingerprint density at radius 3 is 2.79 bits per heavy atom. The molecular weight excluding hydrogens is 320 g/mol. The lowest BCUT2D eigenvalue weighted by Gasteiger charge is -2.29. The lowest BCUT2D eigenvalue weighted by Crippen LogP contribution is -2.38. The topological polar surface area (TPSA) is 61.0 Å². The maximum absolute atomic E-state index is 12.6. The zero-order valence-corrected chi connectivity index (χ0v) is 14.8. The van der Waals surface area contributed by atoms with Gasteiger partial charge in [0.15, 0.2) is 5.69 Å². The van der Waals surface area contributed by atoms with Crippen LogP contribution in [0, 0.1) is 0 Å². The molecule has 0 aliphatic carbocycles. The summed E-state index contributed by atoms with van der Waals surface area (Å²) in [4.78, 5) is 14.9. The molecule has 1 unspecified atom stereocenters. The summed E-state index contributed by atoms with van der Waals surface area (Å²) in [7, 11) is 0. The fraction of sp³-hybridized carbons (Fsp3) is 0.333. The highest BCUT2D eigenvalue weighted by Gasteiger charge is 2.21. The van der Waals surface area contributed by atoms with Gasteiger partial charge in [0.2, 0.25) is 0 Å². The molecule has 0 saturated heterocycles. The first-order valence-corrected chi connectivity index (χ1v) is 9.16. The first-order chi connectivity index (χ1) is 11.7. The van der Waals surface area contributed by atoms with E-state index in [2.05, 4.69) is 51.1 Å². The maximum Gasteiger partial charge on any atom is 0.272 e. The van der Waals surface area contributed by atoms with Crippen LogP contribution in [0.4, 0.5) is 0 Å². The maximum atomic E-state index is 12.6. The average Bonchev–Trinajstić information content (AvgIpc) is 3.27. The predicted molar refractivity (Wildman–Crippen MR) is 98.4 cm³/mol. The molecule has 2 N–H and O–H groups in total. The number of hydrogen-bond acceptors (Lipinski definition) is 4. The second-order valence-electron chi connectivity index (χ2n) is 5.62. The molecule has 0 aliphatic heterocycles. The van der Waals surface area contributed by atoms with E-state index in [1.54, 1.807) is 11.3 Å². The van der Waals surface area contributed by atoms with Crippen molar-refractivity contribution in [2.24, 2.45) is 0 Å². The number of nitrogens with zero attached hydrogens (tertiary/aromatic N) is 2. The third-order valence-corrected chi connectivity index (χ3v) is 5.02. The van der Waals surface area contributed by atoms with Crippen LogP contribution in [0.15, 0.2) is 41.1 Å². The van der Waals surface area contributed by atoms with Gasteiger partial charge in [-0.3, -0.25) is 14.8 Å². The number of fused-ring (bicyclic) bond motifs is 1. The molecule has 3 rings (SSSR count). The van der Waals surface area contributed by atoms with Crippen molar-refractivity contribution in [2.45, 2.75) is 19.9 Å². The normalized spacial score (nSPS) is 12.6. The molecule has 0 aliphatic rings. The molecule has 3 aromatic rings. The first-order valence-electron chi connectivity index (χ1n) is 8.22. The van der Waals surface area contributed by atoms with Crippen molar-refractivity contribution in [3.8, 4) is 0 Å². The number of carbonyl (C=O) groups excluding carboxylic acids is 1. The monoisotopic (exact) mass is 342 g/mol. The standard InChI is InChI=1S/C18H22N4OS/c1-3-22(4-2)16(13-9-10-24-12-13)11-19-18(23)17-14-7-5-6-8-15(14)20-21-17/h5-10,12,16H,3-4,11H2,1-2H3,(H,19,23)(H,20,21). The number of rotatable bonds is 7. The number of carbonyl (C=O) groups is 1. The molecule has 6 heteroatoms. The molecule has 1 atom stereocenters. The van der Waals surface area contributed by atoms with Crippen LogP contribution in [0.1, 0.15) is 35.9 Å². The van der Waals surface area contributed by atoms with Gasteiger partial charge in [-0.2, -0.15) is 16.4 Å². The Bertz CT molecular complexity index is 792. The zero-order chi connectivity index (χ0) is 16.9. The first kappa shape index (κ1) is 16.7. The van der Waals surface area contributed by atoms with E-state index in [1.165, 1.54) is 5.56 Å². The van der Waals surface area contributed by atoms with Crippen LogP contribution in [0.5, 0.6) is 0 Å². The van der Waals surface area contributed by atoms with E-state index in [9.17, 15) is 4.79 Å². The van der Waals surface area contributed by atoms with Crippen molar-refractivity contribution in [2.75, 3.05) is 19.6 Å². The van der Waals surface area contributed by atoms with Gasteiger partial charge in [-0.25, -0.2) is 0 Å². The van der Waals surface area contributed by atoms with E-state index in [0.29, 0.717) is 12.2 Å². The second-order valence-corrected chi connectivity index (χ2v) is 6.40. The van der Waals surface area contributed by atoms with Crippen molar-refractivity contribution in [1.29, 1.82) is 0 Å². The largest absolute Gasteiger partial charge is 0.349 e. The van der Waals surface area contributed by atoms with Gasteiger partial charge in [-0.1, -0.05) is 32.0 Å². The molecule has 5 nitrogen and oxygen atoms in total. The summed E-state index contributed by atoms with van der Waals surface area (Å²) < 4.78 is 0. The van der Waals surface area contributed by atoms with Crippen LogP contribution in [0.2, 0.25) is 0 Å². The van der Waals surface area contributed by atoms with Crippen LogP contribution >= 0.6 is 11.3 Å². The van der Waals surface area contributed by atoms with E-state index in [4.69, 9.17) is 0 Å². The third-order valence-electron chi connectivity index (χ3n) is 4.32. The molecule has 1 aromatic carbocycles. The number of amides is 1. The molecule has 24 heavy (non-hydrogen) atoms. The highest BCUT2D eigenvalue weighted by Crippen LogP contribution is 2.22. The van der Waals surface area contributed by atoms with Crippen molar-refractivity contribution in [3.63, 3.8) is 0 Å².